The molecule has 1 amide bonds. The highest BCUT2D eigenvalue weighted by Gasteiger charge is 2.34. The van der Waals surface area contributed by atoms with Crippen LogP contribution in [0, 0.1) is 0 Å². The molecule has 1 unspecified atom stereocenters. The molecule has 1 fully saturated rings. The number of carbonyl (C=O) groups is 1. The van der Waals surface area contributed by atoms with Crippen LogP contribution >= 0.6 is 0 Å². The van der Waals surface area contributed by atoms with Gasteiger partial charge in [-0.3, -0.25) is 19.7 Å². The molecule has 0 saturated carbocycles. The summed E-state index contributed by atoms with van der Waals surface area (Å²) in [7, 11) is 0. The van der Waals surface area contributed by atoms with Crippen LogP contribution in [0.25, 0.3) is 11.1 Å². The van der Waals surface area contributed by atoms with Gasteiger partial charge in [0, 0.05) is 56.5 Å². The van der Waals surface area contributed by atoms with E-state index >= 15 is 0 Å². The number of piperazine rings is 1. The Hall–Kier alpha value is -3.05. The van der Waals surface area contributed by atoms with E-state index in [4.69, 9.17) is 0 Å². The number of carbonyl (C=O) groups excluding carboxylic acids is 1. The second kappa shape index (κ2) is 9.63. The second-order valence-electron chi connectivity index (χ2n) is 7.78. The Labute approximate surface area is 178 Å². The molecular weight excluding hydrogens is 372 g/mol. The first-order chi connectivity index (χ1) is 14.8. The molecule has 4 rings (SSSR count). The van der Waals surface area contributed by atoms with Gasteiger partial charge in [0.1, 0.15) is 0 Å². The first-order valence-corrected chi connectivity index (χ1v) is 10.7. The highest BCUT2D eigenvalue weighted by molar-refractivity contribution is 5.83. The van der Waals surface area contributed by atoms with E-state index in [0.29, 0.717) is 6.42 Å². The van der Waals surface area contributed by atoms with Gasteiger partial charge in [0.25, 0.3) is 0 Å². The van der Waals surface area contributed by atoms with Gasteiger partial charge in [-0.15, -0.1) is 0 Å². The van der Waals surface area contributed by atoms with Crippen molar-refractivity contribution in [3.63, 3.8) is 0 Å². The summed E-state index contributed by atoms with van der Waals surface area (Å²) < 4.78 is 0. The SMILES string of the molecule is CCCN1CCN(Cc2cccnc2)C(Cc2ccccc2-c2cccnc2)C1=O. The maximum absolute atomic E-state index is 13.4. The minimum Gasteiger partial charge on any atom is -0.340 e. The standard InChI is InChI=1S/C25H28N4O/c1-2-13-28-14-15-29(19-20-7-5-11-26-17-20)24(25(28)30)16-21-8-3-4-10-23(21)22-9-6-12-27-18-22/h3-12,17-18,24H,2,13-16,19H2,1H3. The van der Waals surface area contributed by atoms with E-state index < -0.39 is 0 Å². The largest absolute Gasteiger partial charge is 0.340 e. The monoisotopic (exact) mass is 400 g/mol. The fourth-order valence-electron chi connectivity index (χ4n) is 4.22. The first-order valence-electron chi connectivity index (χ1n) is 10.7. The number of nitrogens with zero attached hydrogens (tertiary/aromatic N) is 4. The lowest BCUT2D eigenvalue weighted by atomic mass is 9.93. The molecule has 5 heteroatoms. The van der Waals surface area contributed by atoms with E-state index in [1.54, 1.807) is 12.4 Å². The third kappa shape index (κ3) is 4.57. The smallest absolute Gasteiger partial charge is 0.240 e. The van der Waals surface area contributed by atoms with Gasteiger partial charge in [-0.05, 0) is 41.7 Å². The van der Waals surface area contributed by atoms with Crippen molar-refractivity contribution in [2.45, 2.75) is 32.4 Å². The molecule has 0 spiro atoms. The van der Waals surface area contributed by atoms with E-state index in [9.17, 15) is 4.79 Å². The third-order valence-electron chi connectivity index (χ3n) is 5.70. The van der Waals surface area contributed by atoms with Crippen molar-refractivity contribution in [1.82, 2.24) is 19.8 Å². The number of hydrogen-bond donors (Lipinski definition) is 0. The Balaban J connectivity index is 1.63. The van der Waals surface area contributed by atoms with E-state index in [1.165, 1.54) is 5.56 Å². The summed E-state index contributed by atoms with van der Waals surface area (Å²) in [5, 5.41) is 0. The molecule has 2 aromatic heterocycles. The van der Waals surface area contributed by atoms with E-state index in [-0.39, 0.29) is 11.9 Å². The van der Waals surface area contributed by atoms with Crippen LogP contribution in [-0.2, 0) is 17.8 Å². The lowest BCUT2D eigenvalue weighted by Gasteiger charge is -2.41. The van der Waals surface area contributed by atoms with Crippen molar-refractivity contribution in [2.75, 3.05) is 19.6 Å². The van der Waals surface area contributed by atoms with Gasteiger partial charge < -0.3 is 4.90 Å². The molecular formula is C25H28N4O. The first kappa shape index (κ1) is 20.2. The second-order valence-corrected chi connectivity index (χ2v) is 7.78. The number of amides is 1. The number of aromatic nitrogens is 2. The summed E-state index contributed by atoms with van der Waals surface area (Å²) >= 11 is 0. The molecule has 3 heterocycles. The minimum absolute atomic E-state index is 0.177. The Bertz CT molecular complexity index is 961. The molecule has 5 nitrogen and oxygen atoms in total. The number of hydrogen-bond acceptors (Lipinski definition) is 4. The van der Waals surface area contributed by atoms with Gasteiger partial charge in [0.2, 0.25) is 5.91 Å². The van der Waals surface area contributed by atoms with E-state index in [0.717, 1.165) is 49.3 Å². The maximum Gasteiger partial charge on any atom is 0.240 e. The Morgan fingerprint density at radius 3 is 2.50 bits per heavy atom. The number of rotatable bonds is 7. The molecule has 0 radical (unpaired) electrons. The van der Waals surface area contributed by atoms with E-state index in [2.05, 4.69) is 52.1 Å². The highest BCUT2D eigenvalue weighted by atomic mass is 16.2. The van der Waals surface area contributed by atoms with Crippen LogP contribution in [0.1, 0.15) is 24.5 Å². The van der Waals surface area contributed by atoms with Crippen molar-refractivity contribution in [2.24, 2.45) is 0 Å². The van der Waals surface area contributed by atoms with Crippen LogP contribution in [0.3, 0.4) is 0 Å². The van der Waals surface area contributed by atoms with Crippen LogP contribution < -0.4 is 0 Å². The molecule has 30 heavy (non-hydrogen) atoms. The van der Waals surface area contributed by atoms with Crippen LogP contribution in [0.2, 0.25) is 0 Å². The summed E-state index contributed by atoms with van der Waals surface area (Å²) in [5.41, 5.74) is 4.55. The quantitative estimate of drug-likeness (QED) is 0.605. The van der Waals surface area contributed by atoms with Crippen LogP contribution in [-0.4, -0.2) is 51.4 Å². The predicted molar refractivity (Wildman–Crippen MR) is 119 cm³/mol. The lowest BCUT2D eigenvalue weighted by molar-refractivity contribution is -0.142. The topological polar surface area (TPSA) is 49.3 Å². The Morgan fingerprint density at radius 1 is 0.967 bits per heavy atom. The molecule has 0 N–H and O–H groups in total. The van der Waals surface area contributed by atoms with Gasteiger partial charge >= 0.3 is 0 Å². The molecule has 1 aliphatic heterocycles. The van der Waals surface area contributed by atoms with Gasteiger partial charge in [-0.2, -0.15) is 0 Å². The summed E-state index contributed by atoms with van der Waals surface area (Å²) in [6.07, 6.45) is 9.02. The van der Waals surface area contributed by atoms with Crippen molar-refractivity contribution in [3.8, 4) is 11.1 Å². The molecule has 1 atom stereocenters. The highest BCUT2D eigenvalue weighted by Crippen LogP contribution is 2.27. The molecule has 1 aliphatic rings. The van der Waals surface area contributed by atoms with Crippen molar-refractivity contribution in [3.05, 3.63) is 84.4 Å². The Morgan fingerprint density at radius 2 is 1.77 bits per heavy atom. The maximum atomic E-state index is 13.4. The fourth-order valence-corrected chi connectivity index (χ4v) is 4.22. The van der Waals surface area contributed by atoms with Crippen LogP contribution in [0.5, 0.6) is 0 Å². The summed E-state index contributed by atoms with van der Waals surface area (Å²) in [6.45, 7) is 5.34. The van der Waals surface area contributed by atoms with Crippen molar-refractivity contribution < 1.29 is 4.79 Å². The van der Waals surface area contributed by atoms with Gasteiger partial charge in [-0.25, -0.2) is 0 Å². The zero-order chi connectivity index (χ0) is 20.8. The molecule has 1 aromatic carbocycles. The molecule has 3 aromatic rings. The van der Waals surface area contributed by atoms with Crippen molar-refractivity contribution >= 4 is 5.91 Å². The molecule has 154 valence electrons. The predicted octanol–water partition coefficient (Wildman–Crippen LogP) is 3.81. The third-order valence-corrected chi connectivity index (χ3v) is 5.70. The summed E-state index contributed by atoms with van der Waals surface area (Å²) in [6, 6.07) is 16.2. The van der Waals surface area contributed by atoms with E-state index in [1.807, 2.05) is 35.5 Å². The fraction of sp³-hybridized carbons (Fsp3) is 0.320. The number of pyridine rings is 2. The zero-order valence-corrected chi connectivity index (χ0v) is 17.4. The van der Waals surface area contributed by atoms with Gasteiger partial charge in [-0.1, -0.05) is 43.3 Å². The lowest BCUT2D eigenvalue weighted by Crippen LogP contribution is -2.57. The summed E-state index contributed by atoms with van der Waals surface area (Å²) in [5.74, 6) is 0.230. The van der Waals surface area contributed by atoms with Gasteiger partial charge in [0.05, 0.1) is 6.04 Å². The minimum atomic E-state index is -0.177. The average molecular weight is 401 g/mol. The molecule has 0 aliphatic carbocycles. The summed E-state index contributed by atoms with van der Waals surface area (Å²) in [4.78, 5) is 26.3. The normalized spacial score (nSPS) is 17.3. The van der Waals surface area contributed by atoms with Crippen LogP contribution in [0.15, 0.2) is 73.3 Å². The zero-order valence-electron chi connectivity index (χ0n) is 17.4. The molecule has 0 bridgehead atoms. The van der Waals surface area contributed by atoms with Crippen LogP contribution in [0.4, 0.5) is 0 Å². The van der Waals surface area contributed by atoms with Crippen molar-refractivity contribution in [1.29, 1.82) is 0 Å². The Kier molecular flexibility index (Phi) is 6.50. The number of benzene rings is 1. The molecule has 1 saturated heterocycles. The average Bonchev–Trinajstić information content (AvgIpc) is 2.80. The van der Waals surface area contributed by atoms with Gasteiger partial charge in [0.15, 0.2) is 0 Å².